The molecule has 0 aromatic carbocycles. The predicted molar refractivity (Wildman–Crippen MR) is 58.3 cm³/mol. The topological polar surface area (TPSA) is 56.5 Å². The summed E-state index contributed by atoms with van der Waals surface area (Å²) in [7, 11) is 1.69. The fourth-order valence-electron chi connectivity index (χ4n) is 1.75. The zero-order valence-corrected chi connectivity index (χ0v) is 9.57. The van der Waals surface area contributed by atoms with E-state index < -0.39 is 0 Å². The van der Waals surface area contributed by atoms with Gasteiger partial charge in [0, 0.05) is 38.8 Å². The van der Waals surface area contributed by atoms with Crippen LogP contribution in [0, 0.1) is 0 Å². The van der Waals surface area contributed by atoms with Crippen molar-refractivity contribution in [2.24, 2.45) is 0 Å². The van der Waals surface area contributed by atoms with Gasteiger partial charge in [-0.2, -0.15) is 0 Å². The third-order valence-electron chi connectivity index (χ3n) is 2.70. The molecular formula is C11H18N2O3. The van der Waals surface area contributed by atoms with Crippen molar-refractivity contribution in [3.63, 3.8) is 0 Å². The molecule has 0 saturated carbocycles. The second-order valence-electron chi connectivity index (χ2n) is 3.95. The summed E-state index contributed by atoms with van der Waals surface area (Å²) in [4.78, 5) is 0. The molecule has 1 atom stereocenters. The molecule has 1 unspecified atom stereocenters. The summed E-state index contributed by atoms with van der Waals surface area (Å²) in [6.45, 7) is 3.84. The highest BCUT2D eigenvalue weighted by molar-refractivity contribution is 5.10. The van der Waals surface area contributed by atoms with E-state index in [9.17, 15) is 0 Å². The number of hydrogen-bond acceptors (Lipinski definition) is 5. The minimum atomic E-state index is 0.389. The lowest BCUT2D eigenvalue weighted by Crippen LogP contribution is -2.18. The van der Waals surface area contributed by atoms with E-state index in [2.05, 4.69) is 10.5 Å². The van der Waals surface area contributed by atoms with Crippen molar-refractivity contribution in [2.75, 3.05) is 33.5 Å². The maximum absolute atomic E-state index is 5.31. The third-order valence-corrected chi connectivity index (χ3v) is 2.70. The van der Waals surface area contributed by atoms with E-state index in [1.54, 1.807) is 7.11 Å². The van der Waals surface area contributed by atoms with Crippen molar-refractivity contribution >= 4 is 0 Å². The van der Waals surface area contributed by atoms with Gasteiger partial charge >= 0.3 is 0 Å². The normalized spacial score (nSPS) is 20.4. The van der Waals surface area contributed by atoms with Gasteiger partial charge in [0.05, 0.1) is 18.9 Å². The Morgan fingerprint density at radius 3 is 3.31 bits per heavy atom. The molecule has 0 spiro atoms. The second kappa shape index (κ2) is 5.98. The Kier molecular flexibility index (Phi) is 4.33. The van der Waals surface area contributed by atoms with Crippen molar-refractivity contribution in [1.82, 2.24) is 10.5 Å². The van der Waals surface area contributed by atoms with Crippen LogP contribution in [0.25, 0.3) is 0 Å². The van der Waals surface area contributed by atoms with Gasteiger partial charge in [-0.25, -0.2) is 0 Å². The Hall–Kier alpha value is -0.910. The monoisotopic (exact) mass is 226 g/mol. The van der Waals surface area contributed by atoms with Gasteiger partial charge in [0.2, 0.25) is 0 Å². The van der Waals surface area contributed by atoms with Crippen LogP contribution in [-0.4, -0.2) is 38.6 Å². The van der Waals surface area contributed by atoms with Crippen LogP contribution in [0.3, 0.4) is 0 Å². The summed E-state index contributed by atoms with van der Waals surface area (Å²) >= 11 is 0. The Balaban J connectivity index is 1.77. The Morgan fingerprint density at radius 1 is 1.62 bits per heavy atom. The molecule has 5 nitrogen and oxygen atoms in total. The first-order valence-electron chi connectivity index (χ1n) is 5.63. The second-order valence-corrected chi connectivity index (χ2v) is 3.95. The number of ether oxygens (including phenoxy) is 2. The maximum atomic E-state index is 5.31. The van der Waals surface area contributed by atoms with Gasteiger partial charge in [0.1, 0.15) is 5.76 Å². The molecule has 1 aliphatic heterocycles. The lowest BCUT2D eigenvalue weighted by Gasteiger charge is -2.00. The van der Waals surface area contributed by atoms with Gasteiger partial charge in [-0.05, 0) is 6.42 Å². The lowest BCUT2D eigenvalue weighted by atomic mass is 10.1. The first kappa shape index (κ1) is 11.6. The Morgan fingerprint density at radius 2 is 2.56 bits per heavy atom. The van der Waals surface area contributed by atoms with Crippen molar-refractivity contribution in [2.45, 2.75) is 18.9 Å². The molecule has 1 saturated heterocycles. The van der Waals surface area contributed by atoms with Crippen LogP contribution in [-0.2, 0) is 16.0 Å². The molecule has 0 radical (unpaired) electrons. The molecule has 16 heavy (non-hydrogen) atoms. The fraction of sp³-hybridized carbons (Fsp3) is 0.727. The molecule has 2 rings (SSSR count). The van der Waals surface area contributed by atoms with Crippen molar-refractivity contribution in [3.8, 4) is 0 Å². The third kappa shape index (κ3) is 3.04. The Bertz CT molecular complexity index is 308. The van der Waals surface area contributed by atoms with E-state index in [0.717, 1.165) is 44.2 Å². The maximum Gasteiger partial charge on any atom is 0.142 e. The van der Waals surface area contributed by atoms with Gasteiger partial charge < -0.3 is 19.3 Å². The zero-order chi connectivity index (χ0) is 11.2. The quantitative estimate of drug-likeness (QED) is 0.731. The van der Waals surface area contributed by atoms with E-state index in [0.29, 0.717) is 12.5 Å². The van der Waals surface area contributed by atoms with E-state index in [4.69, 9.17) is 14.0 Å². The molecule has 2 heterocycles. The standard InChI is InChI=1S/C11H18N2O3/c1-14-5-3-12-7-10-6-11(16-13-10)9-2-4-15-8-9/h6,9,12H,2-5,7-8H2,1H3. The van der Waals surface area contributed by atoms with E-state index in [-0.39, 0.29) is 0 Å². The number of aromatic nitrogens is 1. The molecule has 1 aromatic heterocycles. The number of methoxy groups -OCH3 is 1. The summed E-state index contributed by atoms with van der Waals surface area (Å²) in [6, 6.07) is 2.01. The summed E-state index contributed by atoms with van der Waals surface area (Å²) in [5.74, 6) is 1.33. The van der Waals surface area contributed by atoms with Gasteiger partial charge in [-0.15, -0.1) is 0 Å². The molecule has 0 aliphatic carbocycles. The summed E-state index contributed by atoms with van der Waals surface area (Å²) in [6.07, 6.45) is 1.03. The molecule has 0 bridgehead atoms. The van der Waals surface area contributed by atoms with E-state index in [1.165, 1.54) is 0 Å². The molecule has 1 N–H and O–H groups in total. The first-order valence-corrected chi connectivity index (χ1v) is 5.63. The molecule has 90 valence electrons. The smallest absolute Gasteiger partial charge is 0.142 e. The largest absolute Gasteiger partial charge is 0.383 e. The summed E-state index contributed by atoms with van der Waals surface area (Å²) < 4.78 is 15.6. The van der Waals surface area contributed by atoms with Gasteiger partial charge in [-0.3, -0.25) is 0 Å². The molecule has 0 amide bonds. The van der Waals surface area contributed by atoms with Crippen LogP contribution >= 0.6 is 0 Å². The SMILES string of the molecule is COCCNCc1cc(C2CCOC2)on1. The van der Waals surface area contributed by atoms with Gasteiger partial charge in [0.25, 0.3) is 0 Å². The van der Waals surface area contributed by atoms with Crippen molar-refractivity contribution < 1.29 is 14.0 Å². The number of nitrogens with zero attached hydrogens (tertiary/aromatic N) is 1. The highest BCUT2D eigenvalue weighted by Gasteiger charge is 2.21. The summed E-state index contributed by atoms with van der Waals surface area (Å²) in [5, 5.41) is 7.25. The van der Waals surface area contributed by atoms with Crippen LogP contribution in [0.1, 0.15) is 23.8 Å². The van der Waals surface area contributed by atoms with E-state index >= 15 is 0 Å². The number of rotatable bonds is 6. The average Bonchev–Trinajstić information content (AvgIpc) is 2.94. The molecular weight excluding hydrogens is 208 g/mol. The van der Waals surface area contributed by atoms with Crippen LogP contribution < -0.4 is 5.32 Å². The van der Waals surface area contributed by atoms with Crippen LogP contribution in [0.5, 0.6) is 0 Å². The van der Waals surface area contributed by atoms with E-state index in [1.807, 2.05) is 6.07 Å². The highest BCUT2D eigenvalue weighted by Crippen LogP contribution is 2.25. The molecule has 1 aliphatic rings. The predicted octanol–water partition coefficient (Wildman–Crippen LogP) is 0.914. The minimum absolute atomic E-state index is 0.389. The zero-order valence-electron chi connectivity index (χ0n) is 9.57. The minimum Gasteiger partial charge on any atom is -0.383 e. The molecule has 1 fully saturated rings. The van der Waals surface area contributed by atoms with Gasteiger partial charge in [-0.1, -0.05) is 5.16 Å². The first-order chi connectivity index (χ1) is 7.90. The Labute approximate surface area is 95.1 Å². The van der Waals surface area contributed by atoms with Crippen molar-refractivity contribution in [3.05, 3.63) is 17.5 Å². The lowest BCUT2D eigenvalue weighted by molar-refractivity contribution is 0.190. The summed E-state index contributed by atoms with van der Waals surface area (Å²) in [5.41, 5.74) is 0.943. The fourth-order valence-corrected chi connectivity index (χ4v) is 1.75. The number of nitrogens with one attached hydrogen (secondary N) is 1. The number of hydrogen-bond donors (Lipinski definition) is 1. The molecule has 5 heteroatoms. The average molecular weight is 226 g/mol. The van der Waals surface area contributed by atoms with Crippen LogP contribution in [0.15, 0.2) is 10.6 Å². The van der Waals surface area contributed by atoms with Gasteiger partial charge in [0.15, 0.2) is 0 Å². The van der Waals surface area contributed by atoms with Crippen LogP contribution in [0.4, 0.5) is 0 Å². The van der Waals surface area contributed by atoms with Crippen molar-refractivity contribution in [1.29, 1.82) is 0 Å². The van der Waals surface area contributed by atoms with Crippen LogP contribution in [0.2, 0.25) is 0 Å². The molecule has 1 aromatic rings. The highest BCUT2D eigenvalue weighted by atomic mass is 16.5.